The molecule has 29 heavy (non-hydrogen) atoms. The second-order valence-electron chi connectivity index (χ2n) is 6.91. The Hall–Kier alpha value is -1.21. The van der Waals surface area contributed by atoms with Gasteiger partial charge in [0.1, 0.15) is 5.75 Å². The normalized spacial score (nSPS) is 16.4. The Morgan fingerprint density at radius 1 is 1.31 bits per heavy atom. The lowest BCUT2D eigenvalue weighted by atomic mass is 9.98. The van der Waals surface area contributed by atoms with Crippen LogP contribution < -0.4 is 10.1 Å². The third-order valence-corrected chi connectivity index (χ3v) is 6.04. The molecular weight excluding hydrogens is 517 g/mol. The molecule has 1 aliphatic heterocycles. The van der Waals surface area contributed by atoms with Crippen LogP contribution in [0.25, 0.3) is 0 Å². The maximum absolute atomic E-state index is 12.2. The van der Waals surface area contributed by atoms with Gasteiger partial charge in [0.15, 0.2) is 5.96 Å². The molecule has 0 spiro atoms. The van der Waals surface area contributed by atoms with Gasteiger partial charge in [-0.25, -0.2) is 12.7 Å². The van der Waals surface area contributed by atoms with Crippen LogP contribution >= 0.6 is 24.0 Å². The number of nitrogens with one attached hydrogen (secondary N) is 1. The molecule has 0 aromatic heterocycles. The number of piperidine rings is 1. The van der Waals surface area contributed by atoms with Gasteiger partial charge in [-0.05, 0) is 36.5 Å². The fourth-order valence-corrected chi connectivity index (χ4v) is 4.06. The molecule has 7 nitrogen and oxygen atoms in total. The first-order chi connectivity index (χ1) is 13.2. The van der Waals surface area contributed by atoms with Gasteiger partial charge in [0, 0.05) is 40.3 Å². The Kier molecular flexibility index (Phi) is 10.5. The van der Waals surface area contributed by atoms with Crippen LogP contribution in [0.3, 0.4) is 0 Å². The highest BCUT2D eigenvalue weighted by Gasteiger charge is 2.25. The quantitative estimate of drug-likeness (QED) is 0.324. The molecule has 0 radical (unpaired) electrons. The standard InChI is InChI=1S/C18H28F2N4O3S.HI/c1-21-18(22-12-14-8-10-24(11-9-14)28(3,25)26)23(2)13-15-4-6-16(7-5-15)27-17(19)20;/h4-7,14,17H,8-13H2,1-3H3,(H,21,22);1H. The number of benzene rings is 1. The molecule has 0 unspecified atom stereocenters. The number of ether oxygens (including phenoxy) is 1. The summed E-state index contributed by atoms with van der Waals surface area (Å²) in [5.41, 5.74) is 0.938. The molecule has 0 atom stereocenters. The molecule has 1 aromatic rings. The van der Waals surface area contributed by atoms with Gasteiger partial charge < -0.3 is 15.0 Å². The van der Waals surface area contributed by atoms with Gasteiger partial charge >= 0.3 is 6.61 Å². The number of rotatable bonds is 7. The summed E-state index contributed by atoms with van der Waals surface area (Å²) < 4.78 is 53.5. The number of hydrogen-bond donors (Lipinski definition) is 1. The Balaban J connectivity index is 0.00000420. The highest BCUT2D eigenvalue weighted by Crippen LogP contribution is 2.19. The largest absolute Gasteiger partial charge is 0.435 e. The summed E-state index contributed by atoms with van der Waals surface area (Å²) in [6.45, 7) is -0.461. The topological polar surface area (TPSA) is 74.2 Å². The fraction of sp³-hybridized carbons (Fsp3) is 0.611. The van der Waals surface area contributed by atoms with Crippen LogP contribution in [-0.2, 0) is 16.6 Å². The van der Waals surface area contributed by atoms with E-state index >= 15 is 0 Å². The van der Waals surface area contributed by atoms with Crippen molar-refractivity contribution < 1.29 is 21.9 Å². The van der Waals surface area contributed by atoms with Gasteiger partial charge in [0.25, 0.3) is 0 Å². The molecule has 1 aromatic carbocycles. The Morgan fingerprint density at radius 3 is 2.38 bits per heavy atom. The Labute approximate surface area is 188 Å². The van der Waals surface area contributed by atoms with Gasteiger partial charge in [-0.1, -0.05) is 12.1 Å². The van der Waals surface area contributed by atoms with Crippen molar-refractivity contribution in [1.29, 1.82) is 0 Å². The minimum atomic E-state index is -3.11. The zero-order chi connectivity index (χ0) is 20.7. The number of alkyl halides is 2. The maximum Gasteiger partial charge on any atom is 0.387 e. The second-order valence-corrected chi connectivity index (χ2v) is 8.89. The van der Waals surface area contributed by atoms with Crippen LogP contribution in [0.15, 0.2) is 29.3 Å². The van der Waals surface area contributed by atoms with Crippen molar-refractivity contribution in [2.24, 2.45) is 10.9 Å². The molecule has 0 saturated carbocycles. The van der Waals surface area contributed by atoms with Crippen LogP contribution in [0.1, 0.15) is 18.4 Å². The van der Waals surface area contributed by atoms with Crippen molar-refractivity contribution in [3.05, 3.63) is 29.8 Å². The number of sulfonamides is 1. The SMILES string of the molecule is CN=C(NCC1CCN(S(C)(=O)=O)CC1)N(C)Cc1ccc(OC(F)F)cc1.I. The first kappa shape index (κ1) is 25.8. The molecule has 1 heterocycles. The Bertz CT molecular complexity index is 755. The monoisotopic (exact) mass is 546 g/mol. The van der Waals surface area contributed by atoms with E-state index in [1.165, 1.54) is 22.7 Å². The summed E-state index contributed by atoms with van der Waals surface area (Å²) in [4.78, 5) is 6.22. The van der Waals surface area contributed by atoms with Crippen molar-refractivity contribution >= 4 is 40.0 Å². The van der Waals surface area contributed by atoms with E-state index < -0.39 is 16.6 Å². The number of aliphatic imine (C=N–C) groups is 1. The molecular formula is C18H29F2IN4O3S. The lowest BCUT2D eigenvalue weighted by Gasteiger charge is -2.31. The molecule has 0 aliphatic carbocycles. The third-order valence-electron chi connectivity index (χ3n) is 4.73. The van der Waals surface area contributed by atoms with E-state index in [4.69, 9.17) is 0 Å². The number of hydrogen-bond acceptors (Lipinski definition) is 4. The summed E-state index contributed by atoms with van der Waals surface area (Å²) in [6, 6.07) is 6.51. The predicted molar refractivity (Wildman–Crippen MR) is 120 cm³/mol. The number of guanidine groups is 1. The van der Waals surface area contributed by atoms with E-state index in [-0.39, 0.29) is 29.7 Å². The molecule has 1 aliphatic rings. The molecule has 11 heteroatoms. The van der Waals surface area contributed by atoms with Crippen molar-refractivity contribution in [2.45, 2.75) is 26.0 Å². The smallest absolute Gasteiger partial charge is 0.387 e. The summed E-state index contributed by atoms with van der Waals surface area (Å²) in [6.07, 6.45) is 2.87. The van der Waals surface area contributed by atoms with Crippen LogP contribution in [0.2, 0.25) is 0 Å². The van der Waals surface area contributed by atoms with Crippen LogP contribution in [0.5, 0.6) is 5.75 Å². The summed E-state index contributed by atoms with van der Waals surface area (Å²) >= 11 is 0. The molecule has 2 rings (SSSR count). The first-order valence-corrected chi connectivity index (χ1v) is 10.9. The van der Waals surface area contributed by atoms with E-state index in [0.717, 1.165) is 30.9 Å². The molecule has 0 bridgehead atoms. The molecule has 1 saturated heterocycles. The third kappa shape index (κ3) is 8.59. The minimum Gasteiger partial charge on any atom is -0.435 e. The van der Waals surface area contributed by atoms with Crippen molar-refractivity contribution in [2.75, 3.05) is 40.0 Å². The van der Waals surface area contributed by atoms with E-state index in [1.807, 2.05) is 11.9 Å². The van der Waals surface area contributed by atoms with Gasteiger partial charge in [-0.2, -0.15) is 8.78 Å². The summed E-state index contributed by atoms with van der Waals surface area (Å²) in [5.74, 6) is 1.23. The molecule has 1 fully saturated rings. The van der Waals surface area contributed by atoms with Gasteiger partial charge in [0.05, 0.1) is 6.26 Å². The van der Waals surface area contributed by atoms with Crippen LogP contribution in [0, 0.1) is 5.92 Å². The van der Waals surface area contributed by atoms with E-state index in [2.05, 4.69) is 15.0 Å². The van der Waals surface area contributed by atoms with Crippen molar-refractivity contribution in [1.82, 2.24) is 14.5 Å². The Morgan fingerprint density at radius 2 is 1.90 bits per heavy atom. The van der Waals surface area contributed by atoms with Gasteiger partial charge in [-0.3, -0.25) is 4.99 Å². The average molecular weight is 546 g/mol. The second kappa shape index (κ2) is 11.8. The minimum absolute atomic E-state index is 0. The van der Waals surface area contributed by atoms with Crippen molar-refractivity contribution in [3.63, 3.8) is 0 Å². The number of halogens is 3. The average Bonchev–Trinajstić information content (AvgIpc) is 2.63. The lowest BCUT2D eigenvalue weighted by Crippen LogP contribution is -2.44. The molecule has 166 valence electrons. The lowest BCUT2D eigenvalue weighted by molar-refractivity contribution is -0.0498. The number of nitrogens with zero attached hydrogens (tertiary/aromatic N) is 3. The van der Waals surface area contributed by atoms with Gasteiger partial charge in [-0.15, -0.1) is 24.0 Å². The highest BCUT2D eigenvalue weighted by molar-refractivity contribution is 14.0. The zero-order valence-electron chi connectivity index (χ0n) is 16.8. The van der Waals surface area contributed by atoms with E-state index in [1.54, 1.807) is 19.2 Å². The molecule has 1 N–H and O–H groups in total. The van der Waals surface area contributed by atoms with E-state index in [9.17, 15) is 17.2 Å². The summed E-state index contributed by atoms with van der Waals surface area (Å²) in [5, 5.41) is 3.33. The highest BCUT2D eigenvalue weighted by atomic mass is 127. The predicted octanol–water partition coefficient (Wildman–Crippen LogP) is 2.58. The first-order valence-electron chi connectivity index (χ1n) is 9.09. The fourth-order valence-electron chi connectivity index (χ4n) is 3.19. The van der Waals surface area contributed by atoms with Gasteiger partial charge in [0.2, 0.25) is 10.0 Å². The zero-order valence-corrected chi connectivity index (χ0v) is 20.0. The van der Waals surface area contributed by atoms with Crippen LogP contribution in [-0.4, -0.2) is 70.2 Å². The van der Waals surface area contributed by atoms with Crippen LogP contribution in [0.4, 0.5) is 8.78 Å². The summed E-state index contributed by atoms with van der Waals surface area (Å²) in [7, 11) is 0.480. The molecule has 0 amide bonds. The van der Waals surface area contributed by atoms with E-state index in [0.29, 0.717) is 25.6 Å². The van der Waals surface area contributed by atoms with Crippen molar-refractivity contribution in [3.8, 4) is 5.75 Å². The maximum atomic E-state index is 12.2.